The number of nitrogens with zero attached hydrogens (tertiary/aromatic N) is 2. The molecule has 0 heterocycles. The van der Waals surface area contributed by atoms with Crippen molar-refractivity contribution >= 4 is 17.7 Å². The summed E-state index contributed by atoms with van der Waals surface area (Å²) >= 11 is 0. The highest BCUT2D eigenvalue weighted by molar-refractivity contribution is 5.89. The molecule has 1 aromatic carbocycles. The van der Waals surface area contributed by atoms with Gasteiger partial charge in [0.25, 0.3) is 0 Å². The highest BCUT2D eigenvalue weighted by Gasteiger charge is 2.22. The standard InChI is InChI=1S/C16H24N4O3/c1-17-16(23)15(12-8-6-5-7-9-12)18-13(21)10-20(4)11-14(22)19(2)3/h5-9,15H,10-11H2,1-4H3,(H,17,23)(H,18,21). The summed E-state index contributed by atoms with van der Waals surface area (Å²) in [5.74, 6) is -0.709. The number of benzene rings is 1. The van der Waals surface area contributed by atoms with E-state index in [0.29, 0.717) is 5.56 Å². The molecule has 1 aromatic rings. The van der Waals surface area contributed by atoms with Gasteiger partial charge in [0.1, 0.15) is 6.04 Å². The van der Waals surface area contributed by atoms with E-state index in [1.54, 1.807) is 50.3 Å². The second-order valence-electron chi connectivity index (χ2n) is 5.49. The molecule has 0 saturated heterocycles. The second kappa shape index (κ2) is 8.89. The van der Waals surface area contributed by atoms with Crippen LogP contribution in [0.15, 0.2) is 30.3 Å². The quantitative estimate of drug-likeness (QED) is 0.717. The Labute approximate surface area is 136 Å². The highest BCUT2D eigenvalue weighted by Crippen LogP contribution is 2.12. The summed E-state index contributed by atoms with van der Waals surface area (Å²) in [4.78, 5) is 38.8. The van der Waals surface area contributed by atoms with Gasteiger partial charge >= 0.3 is 0 Å². The summed E-state index contributed by atoms with van der Waals surface area (Å²) in [6.45, 7) is 0.163. The first-order chi connectivity index (χ1) is 10.8. The number of carbonyl (C=O) groups is 3. The van der Waals surface area contributed by atoms with Crippen LogP contribution in [0.1, 0.15) is 11.6 Å². The third-order valence-electron chi connectivity index (χ3n) is 3.26. The number of hydrogen-bond acceptors (Lipinski definition) is 4. The molecule has 0 radical (unpaired) electrons. The van der Waals surface area contributed by atoms with Crippen molar-refractivity contribution in [3.05, 3.63) is 35.9 Å². The van der Waals surface area contributed by atoms with Gasteiger partial charge in [0.15, 0.2) is 0 Å². The van der Waals surface area contributed by atoms with Crippen molar-refractivity contribution in [2.75, 3.05) is 41.3 Å². The first-order valence-electron chi connectivity index (χ1n) is 7.29. The molecule has 7 nitrogen and oxygen atoms in total. The van der Waals surface area contributed by atoms with Crippen molar-refractivity contribution in [1.29, 1.82) is 0 Å². The Bertz CT molecular complexity index is 546. The van der Waals surface area contributed by atoms with E-state index in [2.05, 4.69) is 10.6 Å². The Morgan fingerprint density at radius 3 is 2.17 bits per heavy atom. The maximum absolute atomic E-state index is 12.2. The van der Waals surface area contributed by atoms with Crippen LogP contribution in [0.4, 0.5) is 0 Å². The average Bonchev–Trinajstić information content (AvgIpc) is 2.52. The van der Waals surface area contributed by atoms with Gasteiger partial charge in [-0.3, -0.25) is 19.3 Å². The lowest BCUT2D eigenvalue weighted by Gasteiger charge is -2.21. The fourth-order valence-corrected chi connectivity index (χ4v) is 1.97. The van der Waals surface area contributed by atoms with Gasteiger partial charge in [-0.25, -0.2) is 0 Å². The molecule has 0 aliphatic heterocycles. The molecular weight excluding hydrogens is 296 g/mol. The number of amides is 3. The topological polar surface area (TPSA) is 81.8 Å². The molecular formula is C16H24N4O3. The molecule has 0 saturated carbocycles. The van der Waals surface area contributed by atoms with Gasteiger partial charge in [0.05, 0.1) is 13.1 Å². The van der Waals surface area contributed by atoms with Gasteiger partial charge in [-0.15, -0.1) is 0 Å². The molecule has 0 spiro atoms. The van der Waals surface area contributed by atoms with Gasteiger partial charge in [-0.2, -0.15) is 0 Å². The lowest BCUT2D eigenvalue weighted by molar-refractivity contribution is -0.132. The molecule has 1 atom stereocenters. The minimum atomic E-state index is -0.758. The van der Waals surface area contributed by atoms with Gasteiger partial charge < -0.3 is 15.5 Å². The van der Waals surface area contributed by atoms with Crippen molar-refractivity contribution in [2.24, 2.45) is 0 Å². The lowest BCUT2D eigenvalue weighted by Crippen LogP contribution is -2.44. The molecule has 0 bridgehead atoms. The molecule has 0 aromatic heterocycles. The van der Waals surface area contributed by atoms with Crippen molar-refractivity contribution in [3.8, 4) is 0 Å². The average molecular weight is 320 g/mol. The zero-order valence-electron chi connectivity index (χ0n) is 14.0. The fourth-order valence-electron chi connectivity index (χ4n) is 1.97. The fraction of sp³-hybridized carbons (Fsp3) is 0.438. The predicted octanol–water partition coefficient (Wildman–Crippen LogP) is -0.390. The predicted molar refractivity (Wildman–Crippen MR) is 87.6 cm³/mol. The molecule has 23 heavy (non-hydrogen) atoms. The summed E-state index contributed by atoms with van der Waals surface area (Å²) in [6, 6.07) is 8.25. The third kappa shape index (κ3) is 6.07. The van der Waals surface area contributed by atoms with E-state index < -0.39 is 6.04 Å². The largest absolute Gasteiger partial charge is 0.357 e. The zero-order chi connectivity index (χ0) is 17.4. The molecule has 0 fully saturated rings. The molecule has 126 valence electrons. The summed E-state index contributed by atoms with van der Waals surface area (Å²) in [5, 5.41) is 5.24. The Balaban J connectivity index is 2.68. The van der Waals surface area contributed by atoms with Crippen LogP contribution in [0.3, 0.4) is 0 Å². The summed E-state index contributed by atoms with van der Waals surface area (Å²) < 4.78 is 0. The van der Waals surface area contributed by atoms with Crippen LogP contribution < -0.4 is 10.6 Å². The van der Waals surface area contributed by atoms with Gasteiger partial charge in [0.2, 0.25) is 17.7 Å². The molecule has 7 heteroatoms. The summed E-state index contributed by atoms with van der Waals surface area (Å²) in [5.41, 5.74) is 0.701. The lowest BCUT2D eigenvalue weighted by atomic mass is 10.1. The van der Waals surface area contributed by atoms with Crippen molar-refractivity contribution < 1.29 is 14.4 Å². The second-order valence-corrected chi connectivity index (χ2v) is 5.49. The maximum atomic E-state index is 12.2. The van der Waals surface area contributed by atoms with E-state index in [9.17, 15) is 14.4 Å². The van der Waals surface area contributed by atoms with Gasteiger partial charge in [-0.1, -0.05) is 30.3 Å². The molecule has 1 rings (SSSR count). The minimum Gasteiger partial charge on any atom is -0.357 e. The first kappa shape index (κ1) is 18.6. The van der Waals surface area contributed by atoms with Crippen LogP contribution >= 0.6 is 0 Å². The van der Waals surface area contributed by atoms with E-state index >= 15 is 0 Å². The van der Waals surface area contributed by atoms with Crippen LogP contribution in [0.2, 0.25) is 0 Å². The highest BCUT2D eigenvalue weighted by atomic mass is 16.2. The van der Waals surface area contributed by atoms with Crippen LogP contribution in [-0.4, -0.2) is 68.8 Å². The molecule has 1 unspecified atom stereocenters. The number of nitrogens with one attached hydrogen (secondary N) is 2. The normalized spacial score (nSPS) is 11.7. The Hall–Kier alpha value is -2.41. The molecule has 0 aliphatic rings. The third-order valence-corrected chi connectivity index (χ3v) is 3.26. The van der Waals surface area contributed by atoms with Crippen LogP contribution in [0, 0.1) is 0 Å². The number of rotatable bonds is 7. The minimum absolute atomic E-state index is 0.0277. The van der Waals surface area contributed by atoms with Crippen LogP contribution in [0.25, 0.3) is 0 Å². The first-order valence-corrected chi connectivity index (χ1v) is 7.29. The Morgan fingerprint density at radius 2 is 1.65 bits per heavy atom. The van der Waals surface area contributed by atoms with Crippen LogP contribution in [-0.2, 0) is 14.4 Å². The van der Waals surface area contributed by atoms with E-state index in [0.717, 1.165) is 0 Å². The number of carbonyl (C=O) groups excluding carboxylic acids is 3. The smallest absolute Gasteiger partial charge is 0.246 e. The molecule has 0 aliphatic carbocycles. The van der Waals surface area contributed by atoms with E-state index in [4.69, 9.17) is 0 Å². The molecule has 3 amide bonds. The number of likely N-dealkylation sites (N-methyl/N-ethyl adjacent to an activating group) is 3. The zero-order valence-corrected chi connectivity index (χ0v) is 14.0. The van der Waals surface area contributed by atoms with E-state index in [1.807, 2.05) is 6.07 Å². The molecule has 2 N–H and O–H groups in total. The van der Waals surface area contributed by atoms with Crippen molar-refractivity contribution in [1.82, 2.24) is 20.4 Å². The van der Waals surface area contributed by atoms with E-state index in [-0.39, 0.29) is 30.8 Å². The van der Waals surface area contributed by atoms with Crippen molar-refractivity contribution in [3.63, 3.8) is 0 Å². The van der Waals surface area contributed by atoms with Gasteiger partial charge in [0, 0.05) is 21.1 Å². The summed E-state index contributed by atoms with van der Waals surface area (Å²) in [6.07, 6.45) is 0. The maximum Gasteiger partial charge on any atom is 0.246 e. The van der Waals surface area contributed by atoms with Crippen LogP contribution in [0.5, 0.6) is 0 Å². The number of hydrogen-bond donors (Lipinski definition) is 2. The van der Waals surface area contributed by atoms with Gasteiger partial charge in [-0.05, 0) is 12.6 Å². The van der Waals surface area contributed by atoms with Crippen molar-refractivity contribution in [2.45, 2.75) is 6.04 Å². The Kier molecular flexibility index (Phi) is 7.21. The SMILES string of the molecule is CNC(=O)C(NC(=O)CN(C)CC(=O)N(C)C)c1ccccc1. The Morgan fingerprint density at radius 1 is 1.04 bits per heavy atom. The monoisotopic (exact) mass is 320 g/mol. The van der Waals surface area contributed by atoms with E-state index in [1.165, 1.54) is 11.9 Å². The summed E-state index contributed by atoms with van der Waals surface area (Å²) in [7, 11) is 6.52.